The molecular weight excluding hydrogens is 496 g/mol. The van der Waals surface area contributed by atoms with Gasteiger partial charge in [0.1, 0.15) is 5.82 Å². The van der Waals surface area contributed by atoms with Crippen molar-refractivity contribution in [3.8, 4) is 27.9 Å². The summed E-state index contributed by atoms with van der Waals surface area (Å²) in [6.07, 6.45) is 4.43. The van der Waals surface area contributed by atoms with Crippen LogP contribution in [-0.4, -0.2) is 69.2 Å². The fourth-order valence-electron chi connectivity index (χ4n) is 4.95. The van der Waals surface area contributed by atoms with Gasteiger partial charge in [0.25, 0.3) is 5.91 Å². The minimum atomic E-state index is -0.145. The predicted molar refractivity (Wildman–Crippen MR) is 150 cm³/mol. The SMILES string of the molecule is CCN(CC)[C@@H](C)CNC(=O)c1cc(-c2cnn3ccc(-c4cccs4)nc23)nc(N2CC[C@H](C#N)C2)c1. The van der Waals surface area contributed by atoms with Crippen molar-refractivity contribution in [3.63, 3.8) is 0 Å². The van der Waals surface area contributed by atoms with Gasteiger partial charge < -0.3 is 10.2 Å². The fraction of sp³-hybridized carbons (Fsp3) is 0.393. The fourth-order valence-corrected chi connectivity index (χ4v) is 5.65. The predicted octanol–water partition coefficient (Wildman–Crippen LogP) is 4.33. The molecule has 4 aromatic heterocycles. The van der Waals surface area contributed by atoms with Crippen molar-refractivity contribution in [2.24, 2.45) is 5.92 Å². The third-order valence-corrected chi connectivity index (χ3v) is 8.07. The Balaban J connectivity index is 1.51. The van der Waals surface area contributed by atoms with E-state index in [1.807, 2.05) is 41.9 Å². The van der Waals surface area contributed by atoms with Crippen LogP contribution in [0.1, 0.15) is 37.6 Å². The lowest BCUT2D eigenvalue weighted by atomic mass is 10.1. The number of rotatable bonds is 9. The molecule has 1 aliphatic rings. The van der Waals surface area contributed by atoms with E-state index in [4.69, 9.17) is 9.97 Å². The smallest absolute Gasteiger partial charge is 0.251 e. The number of carbonyl (C=O) groups is 1. The summed E-state index contributed by atoms with van der Waals surface area (Å²) < 4.78 is 1.73. The van der Waals surface area contributed by atoms with Gasteiger partial charge in [0.15, 0.2) is 5.65 Å². The number of anilines is 1. The maximum Gasteiger partial charge on any atom is 0.251 e. The molecule has 1 aliphatic heterocycles. The number of hydrogen-bond acceptors (Lipinski definition) is 8. The molecule has 5 heterocycles. The molecule has 196 valence electrons. The van der Waals surface area contributed by atoms with Gasteiger partial charge in [-0.2, -0.15) is 10.4 Å². The van der Waals surface area contributed by atoms with Gasteiger partial charge in [-0.15, -0.1) is 11.3 Å². The third-order valence-electron chi connectivity index (χ3n) is 7.18. The number of nitrogens with zero attached hydrogens (tertiary/aromatic N) is 7. The molecule has 0 unspecified atom stereocenters. The second-order valence-corrected chi connectivity index (χ2v) is 10.5. The Morgan fingerprint density at radius 3 is 2.82 bits per heavy atom. The topological polar surface area (TPSA) is 102 Å². The van der Waals surface area contributed by atoms with Crippen LogP contribution in [0, 0.1) is 17.2 Å². The molecular formula is C28H32N8OS. The Morgan fingerprint density at radius 2 is 2.11 bits per heavy atom. The van der Waals surface area contributed by atoms with Gasteiger partial charge in [0.2, 0.25) is 0 Å². The van der Waals surface area contributed by atoms with E-state index in [0.29, 0.717) is 35.8 Å². The maximum atomic E-state index is 13.4. The number of thiophene rings is 1. The molecule has 38 heavy (non-hydrogen) atoms. The number of nitrogens with one attached hydrogen (secondary N) is 1. The molecule has 0 aliphatic carbocycles. The Hall–Kier alpha value is -3.81. The van der Waals surface area contributed by atoms with Gasteiger partial charge in [0, 0.05) is 37.4 Å². The summed E-state index contributed by atoms with van der Waals surface area (Å²) in [5.41, 5.74) is 3.47. The van der Waals surface area contributed by atoms with Gasteiger partial charge in [-0.25, -0.2) is 14.5 Å². The molecule has 0 spiro atoms. The van der Waals surface area contributed by atoms with E-state index >= 15 is 0 Å². The molecule has 0 saturated carbocycles. The molecule has 0 radical (unpaired) electrons. The zero-order valence-electron chi connectivity index (χ0n) is 22.0. The van der Waals surface area contributed by atoms with Crippen LogP contribution < -0.4 is 10.2 Å². The van der Waals surface area contributed by atoms with Crippen LogP contribution in [0.5, 0.6) is 0 Å². The normalized spacial score (nSPS) is 16.2. The molecule has 0 bridgehead atoms. The molecule has 4 aromatic rings. The van der Waals surface area contributed by atoms with Crippen LogP contribution in [-0.2, 0) is 0 Å². The van der Waals surface area contributed by atoms with Crippen molar-refractivity contribution in [2.45, 2.75) is 33.2 Å². The lowest BCUT2D eigenvalue weighted by Gasteiger charge is -2.26. The summed E-state index contributed by atoms with van der Waals surface area (Å²) in [6, 6.07) is 12.2. The lowest BCUT2D eigenvalue weighted by molar-refractivity contribution is 0.0938. The molecule has 1 N–H and O–H groups in total. The number of carbonyl (C=O) groups excluding carboxylic acids is 1. The van der Waals surface area contributed by atoms with Crippen LogP contribution >= 0.6 is 11.3 Å². The van der Waals surface area contributed by atoms with Crippen LogP contribution in [0.15, 0.2) is 48.1 Å². The second-order valence-electron chi connectivity index (χ2n) is 9.56. The average Bonchev–Trinajstić information content (AvgIpc) is 3.72. The highest BCUT2D eigenvalue weighted by Crippen LogP contribution is 2.30. The highest BCUT2D eigenvalue weighted by atomic mass is 32.1. The van der Waals surface area contributed by atoms with E-state index < -0.39 is 0 Å². The Morgan fingerprint density at radius 1 is 1.26 bits per heavy atom. The van der Waals surface area contributed by atoms with Gasteiger partial charge in [0.05, 0.1) is 40.0 Å². The van der Waals surface area contributed by atoms with Crippen LogP contribution in [0.2, 0.25) is 0 Å². The Kier molecular flexibility index (Phi) is 7.67. The van der Waals surface area contributed by atoms with Crippen LogP contribution in [0.4, 0.5) is 5.82 Å². The highest BCUT2D eigenvalue weighted by molar-refractivity contribution is 7.13. The summed E-state index contributed by atoms with van der Waals surface area (Å²) in [4.78, 5) is 28.7. The molecule has 10 heteroatoms. The first-order chi connectivity index (χ1) is 18.5. The molecule has 2 atom stereocenters. The van der Waals surface area contributed by atoms with Gasteiger partial charge in [-0.1, -0.05) is 19.9 Å². The van der Waals surface area contributed by atoms with Crippen molar-refractivity contribution in [3.05, 3.63) is 53.7 Å². The zero-order chi connectivity index (χ0) is 26.6. The van der Waals surface area contributed by atoms with Crippen molar-refractivity contribution in [1.29, 1.82) is 5.26 Å². The van der Waals surface area contributed by atoms with Crippen LogP contribution in [0.25, 0.3) is 27.5 Å². The largest absolute Gasteiger partial charge is 0.355 e. The van der Waals surface area contributed by atoms with Gasteiger partial charge in [-0.3, -0.25) is 9.69 Å². The van der Waals surface area contributed by atoms with Crippen molar-refractivity contribution in [1.82, 2.24) is 29.8 Å². The quantitative estimate of drug-likeness (QED) is 0.345. The van der Waals surface area contributed by atoms with Crippen molar-refractivity contribution in [2.75, 3.05) is 37.6 Å². The molecule has 1 amide bonds. The number of fused-ring (bicyclic) bond motifs is 1. The first-order valence-electron chi connectivity index (χ1n) is 13.1. The number of aromatic nitrogens is 4. The molecule has 0 aromatic carbocycles. The van der Waals surface area contributed by atoms with Gasteiger partial charge >= 0.3 is 0 Å². The van der Waals surface area contributed by atoms with Gasteiger partial charge in [-0.05, 0) is 56.1 Å². The van der Waals surface area contributed by atoms with E-state index in [2.05, 4.69) is 47.1 Å². The van der Waals surface area contributed by atoms with Crippen molar-refractivity contribution >= 4 is 28.7 Å². The van der Waals surface area contributed by atoms with E-state index in [9.17, 15) is 10.1 Å². The first kappa shape index (κ1) is 25.8. The molecule has 1 saturated heterocycles. The van der Waals surface area contributed by atoms with E-state index in [0.717, 1.165) is 42.2 Å². The van der Waals surface area contributed by atoms with Crippen LogP contribution in [0.3, 0.4) is 0 Å². The Bertz CT molecular complexity index is 1450. The summed E-state index contributed by atoms with van der Waals surface area (Å²) in [5, 5.41) is 19.1. The standard InChI is InChI=1S/C28H32N8OS/c1-4-34(5-2)19(3)16-30-28(37)21-13-24(32-26(14-21)35-10-8-20(15-29)18-35)22-17-31-36-11-9-23(33-27(22)36)25-7-6-12-38-25/h6-7,9,11-14,17,19-20H,4-5,8,10,16,18H2,1-3H3,(H,30,37)/t19-,20+/m0/s1. The number of nitriles is 1. The second kappa shape index (κ2) is 11.3. The first-order valence-corrected chi connectivity index (χ1v) is 14.0. The van der Waals surface area contributed by atoms with E-state index in [1.54, 1.807) is 22.0 Å². The van der Waals surface area contributed by atoms with E-state index in [-0.39, 0.29) is 17.9 Å². The summed E-state index contributed by atoms with van der Waals surface area (Å²) >= 11 is 1.63. The number of likely N-dealkylation sites (N-methyl/N-ethyl adjacent to an activating group) is 1. The molecule has 5 rings (SSSR count). The summed E-state index contributed by atoms with van der Waals surface area (Å²) in [5.74, 6) is 0.504. The monoisotopic (exact) mass is 528 g/mol. The average molecular weight is 529 g/mol. The lowest BCUT2D eigenvalue weighted by Crippen LogP contribution is -2.42. The minimum Gasteiger partial charge on any atom is -0.355 e. The number of amides is 1. The third kappa shape index (κ3) is 5.26. The summed E-state index contributed by atoms with van der Waals surface area (Å²) in [6.45, 7) is 10.1. The summed E-state index contributed by atoms with van der Waals surface area (Å²) in [7, 11) is 0. The highest BCUT2D eigenvalue weighted by Gasteiger charge is 2.25. The Labute approximate surface area is 226 Å². The minimum absolute atomic E-state index is 0.0420. The van der Waals surface area contributed by atoms with Crippen molar-refractivity contribution < 1.29 is 4.79 Å². The van der Waals surface area contributed by atoms with E-state index in [1.165, 1.54) is 0 Å². The maximum absolute atomic E-state index is 13.4. The number of pyridine rings is 1. The number of hydrogen-bond donors (Lipinski definition) is 1. The molecule has 9 nitrogen and oxygen atoms in total. The molecule has 1 fully saturated rings. The zero-order valence-corrected chi connectivity index (χ0v) is 22.8.